The quantitative estimate of drug-likeness (QED) is 0.807. The van der Waals surface area contributed by atoms with Crippen molar-refractivity contribution in [1.82, 2.24) is 10.2 Å². The molecular formula is C11H8BrClN2O3. The minimum atomic E-state index is -0.638. The number of nitrogens with zero attached hydrogens (tertiary/aromatic N) is 2. The molecule has 5 nitrogen and oxygen atoms in total. The van der Waals surface area contributed by atoms with Crippen LogP contribution in [-0.2, 0) is 4.74 Å². The molecule has 0 saturated carbocycles. The lowest BCUT2D eigenvalue weighted by Gasteiger charge is -1.99. The van der Waals surface area contributed by atoms with Gasteiger partial charge in [-0.25, -0.2) is 4.79 Å². The first-order chi connectivity index (χ1) is 8.61. The maximum Gasteiger partial charge on any atom is 0.396 e. The first kappa shape index (κ1) is 13.0. The molecule has 0 aliphatic heterocycles. The molecule has 1 heterocycles. The molecule has 0 atom stereocenters. The maximum absolute atomic E-state index is 11.4. The standard InChI is InChI=1S/C11H8BrClN2O3/c1-2-17-11(16)10-15-14-9(18-10)7-4-3-6(13)5-8(7)12/h3-5H,2H2,1H3. The Morgan fingerprint density at radius 3 is 2.94 bits per heavy atom. The molecule has 0 N–H and O–H groups in total. The molecule has 0 unspecified atom stereocenters. The summed E-state index contributed by atoms with van der Waals surface area (Å²) >= 11 is 9.16. The number of aromatic nitrogens is 2. The van der Waals surface area contributed by atoms with Crippen LogP contribution >= 0.6 is 27.5 Å². The number of carbonyl (C=O) groups is 1. The molecule has 0 radical (unpaired) electrons. The highest BCUT2D eigenvalue weighted by molar-refractivity contribution is 9.10. The van der Waals surface area contributed by atoms with Crippen LogP contribution in [0.4, 0.5) is 0 Å². The van der Waals surface area contributed by atoms with Crippen LogP contribution < -0.4 is 0 Å². The van der Waals surface area contributed by atoms with Gasteiger partial charge in [0.1, 0.15) is 0 Å². The summed E-state index contributed by atoms with van der Waals surface area (Å²) < 4.78 is 10.7. The van der Waals surface area contributed by atoms with E-state index in [1.54, 1.807) is 25.1 Å². The Morgan fingerprint density at radius 2 is 2.28 bits per heavy atom. The van der Waals surface area contributed by atoms with Gasteiger partial charge in [-0.3, -0.25) is 0 Å². The van der Waals surface area contributed by atoms with Gasteiger partial charge in [-0.05, 0) is 41.1 Å². The summed E-state index contributed by atoms with van der Waals surface area (Å²) in [5.41, 5.74) is 0.655. The summed E-state index contributed by atoms with van der Waals surface area (Å²) in [6.45, 7) is 1.95. The van der Waals surface area contributed by atoms with Crippen molar-refractivity contribution in [3.63, 3.8) is 0 Å². The lowest BCUT2D eigenvalue weighted by atomic mass is 10.2. The second kappa shape index (κ2) is 5.49. The summed E-state index contributed by atoms with van der Waals surface area (Å²) in [5.74, 6) is -0.586. The van der Waals surface area contributed by atoms with Crippen molar-refractivity contribution in [2.75, 3.05) is 6.61 Å². The number of ether oxygens (including phenoxy) is 1. The largest absolute Gasteiger partial charge is 0.459 e. The highest BCUT2D eigenvalue weighted by Gasteiger charge is 2.18. The molecule has 0 spiro atoms. The SMILES string of the molecule is CCOC(=O)c1nnc(-c2ccc(Cl)cc2Br)o1. The van der Waals surface area contributed by atoms with Crippen LogP contribution in [0.3, 0.4) is 0 Å². The monoisotopic (exact) mass is 330 g/mol. The van der Waals surface area contributed by atoms with Crippen molar-refractivity contribution in [2.45, 2.75) is 6.92 Å². The molecule has 0 aliphatic carbocycles. The van der Waals surface area contributed by atoms with Gasteiger partial charge in [0.25, 0.3) is 0 Å². The predicted octanol–water partition coefficient (Wildman–Crippen LogP) is 3.33. The third-order valence-electron chi connectivity index (χ3n) is 2.04. The molecule has 94 valence electrons. The molecule has 1 aromatic heterocycles. The normalized spacial score (nSPS) is 10.4. The average Bonchev–Trinajstić information content (AvgIpc) is 2.78. The fraction of sp³-hybridized carbons (Fsp3) is 0.182. The molecular weight excluding hydrogens is 323 g/mol. The smallest absolute Gasteiger partial charge is 0.396 e. The number of halogens is 2. The third-order valence-corrected chi connectivity index (χ3v) is 2.93. The minimum Gasteiger partial charge on any atom is -0.459 e. The number of hydrogen-bond donors (Lipinski definition) is 0. The zero-order chi connectivity index (χ0) is 13.1. The Bertz CT molecular complexity index is 585. The molecule has 2 aromatic rings. The minimum absolute atomic E-state index is 0.172. The van der Waals surface area contributed by atoms with Crippen molar-refractivity contribution in [1.29, 1.82) is 0 Å². The van der Waals surface area contributed by atoms with Gasteiger partial charge in [0.05, 0.1) is 12.2 Å². The van der Waals surface area contributed by atoms with E-state index in [9.17, 15) is 4.79 Å². The number of hydrogen-bond acceptors (Lipinski definition) is 5. The first-order valence-electron chi connectivity index (χ1n) is 5.08. The van der Waals surface area contributed by atoms with Gasteiger partial charge in [-0.15, -0.1) is 10.2 Å². The second-order valence-electron chi connectivity index (χ2n) is 3.26. The molecule has 0 amide bonds. The Balaban J connectivity index is 2.32. The van der Waals surface area contributed by atoms with E-state index < -0.39 is 5.97 Å². The van der Waals surface area contributed by atoms with Gasteiger partial charge in [-0.2, -0.15) is 0 Å². The molecule has 2 rings (SSSR count). The van der Waals surface area contributed by atoms with Crippen LogP contribution in [0.1, 0.15) is 17.6 Å². The lowest BCUT2D eigenvalue weighted by molar-refractivity contribution is 0.0481. The highest BCUT2D eigenvalue weighted by atomic mass is 79.9. The van der Waals surface area contributed by atoms with Crippen molar-refractivity contribution in [2.24, 2.45) is 0 Å². The van der Waals surface area contributed by atoms with Crippen LogP contribution in [-0.4, -0.2) is 22.8 Å². The zero-order valence-electron chi connectivity index (χ0n) is 9.31. The van der Waals surface area contributed by atoms with E-state index in [0.29, 0.717) is 15.1 Å². The molecule has 1 aromatic carbocycles. The highest BCUT2D eigenvalue weighted by Crippen LogP contribution is 2.29. The lowest BCUT2D eigenvalue weighted by Crippen LogP contribution is -2.04. The van der Waals surface area contributed by atoms with Crippen LogP contribution in [0.5, 0.6) is 0 Å². The summed E-state index contributed by atoms with van der Waals surface area (Å²) in [5, 5.41) is 8.00. The van der Waals surface area contributed by atoms with Gasteiger partial charge >= 0.3 is 11.9 Å². The second-order valence-corrected chi connectivity index (χ2v) is 4.55. The number of carbonyl (C=O) groups excluding carboxylic acids is 1. The summed E-state index contributed by atoms with van der Waals surface area (Å²) in [4.78, 5) is 11.4. The van der Waals surface area contributed by atoms with Crippen LogP contribution in [0.2, 0.25) is 5.02 Å². The van der Waals surface area contributed by atoms with Gasteiger partial charge < -0.3 is 9.15 Å². The molecule has 0 saturated heterocycles. The number of benzene rings is 1. The topological polar surface area (TPSA) is 65.2 Å². The van der Waals surface area contributed by atoms with Crippen LogP contribution in [0, 0.1) is 0 Å². The molecule has 0 aliphatic rings. The molecule has 0 fully saturated rings. The average molecular weight is 332 g/mol. The van der Waals surface area contributed by atoms with Gasteiger partial charge in [0.15, 0.2) is 0 Å². The molecule has 18 heavy (non-hydrogen) atoms. The fourth-order valence-electron chi connectivity index (χ4n) is 1.27. The Kier molecular flexibility index (Phi) is 3.98. The third kappa shape index (κ3) is 2.70. The maximum atomic E-state index is 11.4. The van der Waals surface area contributed by atoms with E-state index in [-0.39, 0.29) is 18.4 Å². The van der Waals surface area contributed by atoms with Gasteiger partial charge in [0, 0.05) is 9.50 Å². The van der Waals surface area contributed by atoms with Crippen LogP contribution in [0.25, 0.3) is 11.5 Å². The first-order valence-corrected chi connectivity index (χ1v) is 6.25. The van der Waals surface area contributed by atoms with Gasteiger partial charge in [0.2, 0.25) is 5.89 Å². The molecule has 0 bridgehead atoms. The van der Waals surface area contributed by atoms with E-state index in [1.807, 2.05) is 0 Å². The fourth-order valence-corrected chi connectivity index (χ4v) is 2.12. The Morgan fingerprint density at radius 1 is 1.50 bits per heavy atom. The number of esters is 1. The van der Waals surface area contributed by atoms with Crippen molar-refractivity contribution < 1.29 is 13.9 Å². The Labute approximate surface area is 116 Å². The van der Waals surface area contributed by atoms with E-state index >= 15 is 0 Å². The van der Waals surface area contributed by atoms with Crippen LogP contribution in [0.15, 0.2) is 27.1 Å². The predicted molar refractivity (Wildman–Crippen MR) is 68.4 cm³/mol. The summed E-state index contributed by atoms with van der Waals surface area (Å²) in [7, 11) is 0. The zero-order valence-corrected chi connectivity index (χ0v) is 11.7. The van der Waals surface area contributed by atoms with Crippen molar-refractivity contribution >= 4 is 33.5 Å². The van der Waals surface area contributed by atoms with E-state index in [2.05, 4.69) is 26.1 Å². The summed E-state index contributed by atoms with van der Waals surface area (Å²) in [6.07, 6.45) is 0. The summed E-state index contributed by atoms with van der Waals surface area (Å²) in [6, 6.07) is 5.11. The van der Waals surface area contributed by atoms with E-state index in [1.165, 1.54) is 0 Å². The van der Waals surface area contributed by atoms with Crippen molar-refractivity contribution in [3.8, 4) is 11.5 Å². The van der Waals surface area contributed by atoms with E-state index in [4.69, 9.17) is 20.8 Å². The molecule has 7 heteroatoms. The Hall–Kier alpha value is -1.40. The number of rotatable bonds is 3. The van der Waals surface area contributed by atoms with Crippen molar-refractivity contribution in [3.05, 3.63) is 33.6 Å². The van der Waals surface area contributed by atoms with E-state index in [0.717, 1.165) is 0 Å². The van der Waals surface area contributed by atoms with Gasteiger partial charge in [-0.1, -0.05) is 11.6 Å².